The van der Waals surface area contributed by atoms with Gasteiger partial charge >= 0.3 is 5.97 Å². The molecule has 1 amide bonds. The van der Waals surface area contributed by atoms with E-state index >= 15 is 0 Å². The van der Waals surface area contributed by atoms with Gasteiger partial charge in [0.25, 0.3) is 0 Å². The lowest BCUT2D eigenvalue weighted by Gasteiger charge is -2.24. The molecular formula is C15H25NO3. The Bertz CT molecular complexity index is 380. The molecular weight excluding hydrogens is 242 g/mol. The van der Waals surface area contributed by atoms with Crippen LogP contribution in [0.3, 0.4) is 0 Å². The Hall–Kier alpha value is -1.06. The Morgan fingerprint density at radius 1 is 1.37 bits per heavy atom. The Balaban J connectivity index is 2.02. The molecule has 0 bridgehead atoms. The molecule has 108 valence electrons. The summed E-state index contributed by atoms with van der Waals surface area (Å²) in [6.45, 7) is 7.41. The standard InChI is InChI=1S/C15H25NO3/c1-10(2)11(3)7-13(17)16-8-12-5-4-6-15(12,9-16)14(18)19/h10-12H,4-9H2,1-3H3,(H,18,19)/t11?,12-,15+/m0/s1. The fourth-order valence-corrected chi connectivity index (χ4v) is 3.47. The summed E-state index contributed by atoms with van der Waals surface area (Å²) in [6, 6.07) is 0. The van der Waals surface area contributed by atoms with Gasteiger partial charge in [-0.3, -0.25) is 9.59 Å². The number of carboxylic acids is 1. The van der Waals surface area contributed by atoms with E-state index in [2.05, 4.69) is 20.8 Å². The van der Waals surface area contributed by atoms with E-state index in [1.807, 2.05) is 0 Å². The van der Waals surface area contributed by atoms with E-state index in [-0.39, 0.29) is 11.8 Å². The van der Waals surface area contributed by atoms with Crippen LogP contribution in [0.15, 0.2) is 0 Å². The quantitative estimate of drug-likeness (QED) is 0.850. The second kappa shape index (κ2) is 5.14. The van der Waals surface area contributed by atoms with Gasteiger partial charge in [0.2, 0.25) is 5.91 Å². The normalized spacial score (nSPS) is 31.6. The van der Waals surface area contributed by atoms with Crippen molar-refractivity contribution in [3.8, 4) is 0 Å². The van der Waals surface area contributed by atoms with Crippen molar-refractivity contribution in [2.45, 2.75) is 46.5 Å². The third-order valence-electron chi connectivity index (χ3n) is 5.28. The van der Waals surface area contributed by atoms with Crippen LogP contribution in [0.4, 0.5) is 0 Å². The van der Waals surface area contributed by atoms with Crippen LogP contribution in [0, 0.1) is 23.2 Å². The lowest BCUT2D eigenvalue weighted by atomic mass is 9.81. The minimum Gasteiger partial charge on any atom is -0.481 e. The van der Waals surface area contributed by atoms with Gasteiger partial charge in [0.15, 0.2) is 0 Å². The average molecular weight is 267 g/mol. The monoisotopic (exact) mass is 267 g/mol. The van der Waals surface area contributed by atoms with E-state index in [1.54, 1.807) is 4.90 Å². The fraction of sp³-hybridized carbons (Fsp3) is 0.867. The molecule has 3 atom stereocenters. The van der Waals surface area contributed by atoms with Gasteiger partial charge in [-0.1, -0.05) is 27.2 Å². The summed E-state index contributed by atoms with van der Waals surface area (Å²) >= 11 is 0. The largest absolute Gasteiger partial charge is 0.481 e. The number of rotatable bonds is 4. The minimum absolute atomic E-state index is 0.135. The van der Waals surface area contributed by atoms with E-state index in [0.717, 1.165) is 19.3 Å². The molecule has 2 fully saturated rings. The summed E-state index contributed by atoms with van der Waals surface area (Å²) in [6.07, 6.45) is 3.22. The number of hydrogen-bond acceptors (Lipinski definition) is 2. The number of nitrogens with zero attached hydrogens (tertiary/aromatic N) is 1. The van der Waals surface area contributed by atoms with E-state index in [9.17, 15) is 14.7 Å². The van der Waals surface area contributed by atoms with E-state index in [1.165, 1.54) is 0 Å². The van der Waals surface area contributed by atoms with Crippen LogP contribution in [-0.2, 0) is 9.59 Å². The highest BCUT2D eigenvalue weighted by atomic mass is 16.4. The van der Waals surface area contributed by atoms with E-state index in [0.29, 0.717) is 31.3 Å². The number of amides is 1. The summed E-state index contributed by atoms with van der Waals surface area (Å²) in [7, 11) is 0. The predicted molar refractivity (Wildman–Crippen MR) is 72.6 cm³/mol. The number of aliphatic carboxylic acids is 1. The lowest BCUT2D eigenvalue weighted by molar-refractivity contribution is -0.149. The summed E-state index contributed by atoms with van der Waals surface area (Å²) in [5.74, 6) is 0.440. The van der Waals surface area contributed by atoms with Crippen LogP contribution < -0.4 is 0 Å². The average Bonchev–Trinajstić information content (AvgIpc) is 2.85. The third-order valence-corrected chi connectivity index (χ3v) is 5.28. The molecule has 1 aliphatic carbocycles. The predicted octanol–water partition coefficient (Wildman–Crippen LogP) is 2.38. The Morgan fingerprint density at radius 2 is 2.05 bits per heavy atom. The van der Waals surface area contributed by atoms with Crippen molar-refractivity contribution in [2.24, 2.45) is 23.2 Å². The topological polar surface area (TPSA) is 57.6 Å². The second-order valence-corrected chi connectivity index (χ2v) is 6.75. The van der Waals surface area contributed by atoms with Crippen LogP contribution in [0.5, 0.6) is 0 Å². The van der Waals surface area contributed by atoms with Crippen molar-refractivity contribution in [3.05, 3.63) is 0 Å². The molecule has 1 N–H and O–H groups in total. The van der Waals surface area contributed by atoms with Gasteiger partial charge < -0.3 is 10.0 Å². The molecule has 1 unspecified atom stereocenters. The molecule has 19 heavy (non-hydrogen) atoms. The zero-order chi connectivity index (χ0) is 14.2. The van der Waals surface area contributed by atoms with Crippen molar-refractivity contribution >= 4 is 11.9 Å². The van der Waals surface area contributed by atoms with Crippen LogP contribution in [-0.4, -0.2) is 35.0 Å². The van der Waals surface area contributed by atoms with Gasteiger partial charge in [-0.05, 0) is 30.6 Å². The molecule has 0 aromatic carbocycles. The number of carbonyl (C=O) groups excluding carboxylic acids is 1. The van der Waals surface area contributed by atoms with Gasteiger partial charge in [-0.2, -0.15) is 0 Å². The molecule has 4 heteroatoms. The maximum atomic E-state index is 12.3. The smallest absolute Gasteiger partial charge is 0.311 e. The molecule has 1 aliphatic heterocycles. The van der Waals surface area contributed by atoms with Crippen molar-refractivity contribution < 1.29 is 14.7 Å². The molecule has 1 saturated heterocycles. The van der Waals surface area contributed by atoms with Gasteiger partial charge in [0.05, 0.1) is 5.41 Å². The molecule has 0 spiro atoms. The van der Waals surface area contributed by atoms with Crippen LogP contribution in [0.25, 0.3) is 0 Å². The molecule has 0 aromatic heterocycles. The number of likely N-dealkylation sites (tertiary alicyclic amines) is 1. The van der Waals surface area contributed by atoms with Crippen LogP contribution in [0.2, 0.25) is 0 Å². The van der Waals surface area contributed by atoms with Crippen molar-refractivity contribution in [2.75, 3.05) is 13.1 Å². The first-order valence-electron chi connectivity index (χ1n) is 7.38. The van der Waals surface area contributed by atoms with Gasteiger partial charge in [-0.15, -0.1) is 0 Å². The summed E-state index contributed by atoms with van der Waals surface area (Å²) in [4.78, 5) is 25.7. The SMILES string of the molecule is CC(C)C(C)CC(=O)N1C[C@@H]2CCC[C@@]2(C(=O)O)C1. The summed E-state index contributed by atoms with van der Waals surface area (Å²) in [5, 5.41) is 9.51. The van der Waals surface area contributed by atoms with Crippen LogP contribution in [0.1, 0.15) is 46.5 Å². The highest BCUT2D eigenvalue weighted by Gasteiger charge is 2.55. The van der Waals surface area contributed by atoms with Gasteiger partial charge in [0.1, 0.15) is 0 Å². The highest BCUT2D eigenvalue weighted by molar-refractivity contribution is 5.81. The number of hydrogen-bond donors (Lipinski definition) is 1. The van der Waals surface area contributed by atoms with Gasteiger partial charge in [0, 0.05) is 19.5 Å². The zero-order valence-corrected chi connectivity index (χ0v) is 12.2. The van der Waals surface area contributed by atoms with Crippen molar-refractivity contribution in [1.82, 2.24) is 4.90 Å². The first-order valence-corrected chi connectivity index (χ1v) is 7.38. The number of carboxylic acid groups (broad SMARTS) is 1. The number of fused-ring (bicyclic) bond motifs is 1. The molecule has 1 heterocycles. The molecule has 2 aliphatic rings. The molecule has 4 nitrogen and oxygen atoms in total. The van der Waals surface area contributed by atoms with E-state index < -0.39 is 11.4 Å². The van der Waals surface area contributed by atoms with Gasteiger partial charge in [-0.25, -0.2) is 0 Å². The molecule has 2 rings (SSSR count). The summed E-state index contributed by atoms with van der Waals surface area (Å²) in [5.41, 5.74) is -0.642. The van der Waals surface area contributed by atoms with Crippen molar-refractivity contribution in [3.63, 3.8) is 0 Å². The maximum absolute atomic E-state index is 12.3. The molecule has 0 aromatic rings. The fourth-order valence-electron chi connectivity index (χ4n) is 3.47. The first kappa shape index (κ1) is 14.4. The van der Waals surface area contributed by atoms with Crippen LogP contribution >= 0.6 is 0 Å². The van der Waals surface area contributed by atoms with E-state index in [4.69, 9.17) is 0 Å². The highest BCUT2D eigenvalue weighted by Crippen LogP contribution is 2.49. The van der Waals surface area contributed by atoms with Crippen molar-refractivity contribution in [1.29, 1.82) is 0 Å². The lowest BCUT2D eigenvalue weighted by Crippen LogP contribution is -2.37. The number of carbonyl (C=O) groups is 2. The Kier molecular flexibility index (Phi) is 3.88. The maximum Gasteiger partial charge on any atom is 0.311 e. The Morgan fingerprint density at radius 3 is 2.58 bits per heavy atom. The third kappa shape index (κ3) is 2.49. The second-order valence-electron chi connectivity index (χ2n) is 6.75. The first-order chi connectivity index (χ1) is 8.86. The zero-order valence-electron chi connectivity index (χ0n) is 12.2. The molecule has 0 radical (unpaired) electrons. The molecule has 1 saturated carbocycles. The summed E-state index contributed by atoms with van der Waals surface area (Å²) < 4.78 is 0. The minimum atomic E-state index is -0.706. The Labute approximate surface area is 115 Å².